The normalized spacial score (nSPS) is 10.3. The Balaban J connectivity index is 2.25. The zero-order valence-electron chi connectivity index (χ0n) is 10.2. The Kier molecular flexibility index (Phi) is 3.46. The molecule has 19 heavy (non-hydrogen) atoms. The maximum Gasteiger partial charge on any atom is 0.256 e. The Morgan fingerprint density at radius 3 is 2.58 bits per heavy atom. The average molecular weight is 262 g/mol. The zero-order valence-corrected chi connectivity index (χ0v) is 10.2. The number of nitrogen functional groups attached to an aromatic ring is 1. The fraction of sp³-hybridized carbons (Fsp3) is 0.0714. The van der Waals surface area contributed by atoms with Crippen molar-refractivity contribution in [3.8, 4) is 0 Å². The van der Waals surface area contributed by atoms with Crippen LogP contribution in [0.5, 0.6) is 0 Å². The van der Waals surface area contributed by atoms with Gasteiger partial charge in [0, 0.05) is 11.3 Å². The fourth-order valence-corrected chi connectivity index (χ4v) is 1.64. The lowest BCUT2D eigenvalue weighted by molar-refractivity contribution is 0.102. The molecule has 0 aliphatic heterocycles. The van der Waals surface area contributed by atoms with E-state index in [1.54, 1.807) is 6.92 Å². The molecule has 3 nitrogen and oxygen atoms in total. The molecule has 0 saturated heterocycles. The first kappa shape index (κ1) is 13.0. The van der Waals surface area contributed by atoms with Gasteiger partial charge in [-0.3, -0.25) is 4.79 Å². The van der Waals surface area contributed by atoms with Gasteiger partial charge in [-0.25, -0.2) is 8.78 Å². The van der Waals surface area contributed by atoms with Gasteiger partial charge in [0.1, 0.15) is 11.6 Å². The van der Waals surface area contributed by atoms with Crippen LogP contribution in [0.15, 0.2) is 36.4 Å². The predicted molar refractivity (Wildman–Crippen MR) is 69.9 cm³/mol. The number of halogens is 2. The Labute approximate surface area is 109 Å². The van der Waals surface area contributed by atoms with Gasteiger partial charge in [-0.15, -0.1) is 0 Å². The van der Waals surface area contributed by atoms with E-state index in [1.165, 1.54) is 24.3 Å². The van der Waals surface area contributed by atoms with Gasteiger partial charge in [-0.05, 0) is 42.8 Å². The third-order valence-corrected chi connectivity index (χ3v) is 2.70. The summed E-state index contributed by atoms with van der Waals surface area (Å²) in [7, 11) is 0. The second-order valence-electron chi connectivity index (χ2n) is 4.15. The van der Waals surface area contributed by atoms with Crippen molar-refractivity contribution in [3.63, 3.8) is 0 Å². The number of nitrogens with one attached hydrogen (secondary N) is 1. The van der Waals surface area contributed by atoms with Crippen LogP contribution in [0.2, 0.25) is 0 Å². The molecule has 98 valence electrons. The third-order valence-electron chi connectivity index (χ3n) is 2.70. The quantitative estimate of drug-likeness (QED) is 0.817. The van der Waals surface area contributed by atoms with E-state index in [9.17, 15) is 13.6 Å². The van der Waals surface area contributed by atoms with Gasteiger partial charge < -0.3 is 11.1 Å². The van der Waals surface area contributed by atoms with E-state index in [0.29, 0.717) is 5.56 Å². The molecular formula is C14H12F2N2O. The van der Waals surface area contributed by atoms with E-state index >= 15 is 0 Å². The lowest BCUT2D eigenvalue weighted by atomic mass is 10.1. The molecule has 0 fully saturated rings. The van der Waals surface area contributed by atoms with Crippen LogP contribution in [0.4, 0.5) is 20.2 Å². The van der Waals surface area contributed by atoms with E-state index in [-0.39, 0.29) is 16.9 Å². The third kappa shape index (κ3) is 2.88. The number of amides is 1. The van der Waals surface area contributed by atoms with Gasteiger partial charge >= 0.3 is 0 Å². The number of carbonyl (C=O) groups excluding carboxylic acids is 1. The molecule has 0 heterocycles. The molecule has 0 radical (unpaired) electrons. The van der Waals surface area contributed by atoms with Crippen LogP contribution in [-0.2, 0) is 0 Å². The lowest BCUT2D eigenvalue weighted by Gasteiger charge is -2.08. The molecule has 0 unspecified atom stereocenters. The number of rotatable bonds is 2. The first-order chi connectivity index (χ1) is 8.97. The molecule has 2 aromatic carbocycles. The smallest absolute Gasteiger partial charge is 0.256 e. The van der Waals surface area contributed by atoms with E-state index in [4.69, 9.17) is 5.73 Å². The highest BCUT2D eigenvalue weighted by molar-refractivity contribution is 6.05. The summed E-state index contributed by atoms with van der Waals surface area (Å²) in [6.45, 7) is 1.69. The van der Waals surface area contributed by atoms with Crippen LogP contribution in [0.25, 0.3) is 0 Å². The summed E-state index contributed by atoms with van der Waals surface area (Å²) in [5.41, 5.74) is 6.44. The van der Waals surface area contributed by atoms with Gasteiger partial charge in [-0.1, -0.05) is 6.07 Å². The van der Waals surface area contributed by atoms with Crippen molar-refractivity contribution in [3.05, 3.63) is 59.2 Å². The highest BCUT2D eigenvalue weighted by Gasteiger charge is 2.11. The highest BCUT2D eigenvalue weighted by atomic mass is 19.1. The maximum absolute atomic E-state index is 13.2. The number of hydrogen-bond donors (Lipinski definition) is 2. The Bertz CT molecular complexity index is 641. The molecule has 0 saturated carbocycles. The minimum absolute atomic E-state index is 0.0000601. The summed E-state index contributed by atoms with van der Waals surface area (Å²) < 4.78 is 26.3. The van der Waals surface area contributed by atoms with Gasteiger partial charge in [0.25, 0.3) is 5.91 Å². The monoisotopic (exact) mass is 262 g/mol. The van der Waals surface area contributed by atoms with Crippen LogP contribution >= 0.6 is 0 Å². The van der Waals surface area contributed by atoms with Crippen LogP contribution in [0, 0.1) is 18.6 Å². The van der Waals surface area contributed by atoms with E-state index in [1.807, 2.05) is 0 Å². The topological polar surface area (TPSA) is 55.1 Å². The van der Waals surface area contributed by atoms with Gasteiger partial charge in [0.15, 0.2) is 0 Å². The molecule has 0 spiro atoms. The molecule has 3 N–H and O–H groups in total. The van der Waals surface area contributed by atoms with Crippen LogP contribution in [0.1, 0.15) is 15.9 Å². The largest absolute Gasteiger partial charge is 0.396 e. The van der Waals surface area contributed by atoms with Crippen LogP contribution in [-0.4, -0.2) is 5.91 Å². The standard InChI is InChI=1S/C14H12F2N2O/c1-8-2-3-9(15)6-11(8)14(19)18-10-4-5-13(17)12(16)7-10/h2-7H,17H2,1H3,(H,18,19). The van der Waals surface area contributed by atoms with Crippen molar-refractivity contribution in [2.45, 2.75) is 6.92 Å². The van der Waals surface area contributed by atoms with Gasteiger partial charge in [0.2, 0.25) is 0 Å². The summed E-state index contributed by atoms with van der Waals surface area (Å²) in [6.07, 6.45) is 0. The number of anilines is 2. The van der Waals surface area contributed by atoms with Crippen LogP contribution < -0.4 is 11.1 Å². The van der Waals surface area contributed by atoms with E-state index < -0.39 is 17.5 Å². The Morgan fingerprint density at radius 1 is 1.16 bits per heavy atom. The first-order valence-corrected chi connectivity index (χ1v) is 5.60. The van der Waals surface area contributed by atoms with Crippen LogP contribution in [0.3, 0.4) is 0 Å². The molecule has 0 bridgehead atoms. The van der Waals surface area contributed by atoms with Gasteiger partial charge in [-0.2, -0.15) is 0 Å². The molecular weight excluding hydrogens is 250 g/mol. The Hall–Kier alpha value is -2.43. The highest BCUT2D eigenvalue weighted by Crippen LogP contribution is 2.18. The molecule has 0 aliphatic rings. The van der Waals surface area contributed by atoms with Gasteiger partial charge in [0.05, 0.1) is 5.69 Å². The lowest BCUT2D eigenvalue weighted by Crippen LogP contribution is -2.14. The summed E-state index contributed by atoms with van der Waals surface area (Å²) in [4.78, 5) is 12.0. The second-order valence-corrected chi connectivity index (χ2v) is 4.15. The number of carbonyl (C=O) groups is 1. The summed E-state index contributed by atoms with van der Waals surface area (Å²) in [5, 5.41) is 2.49. The Morgan fingerprint density at radius 2 is 1.89 bits per heavy atom. The predicted octanol–water partition coefficient (Wildman–Crippen LogP) is 3.11. The number of aryl methyl sites for hydroxylation is 1. The molecule has 0 aliphatic carbocycles. The van der Waals surface area contributed by atoms with Crippen molar-refractivity contribution >= 4 is 17.3 Å². The average Bonchev–Trinajstić information content (AvgIpc) is 2.36. The van der Waals surface area contributed by atoms with Crippen molar-refractivity contribution < 1.29 is 13.6 Å². The SMILES string of the molecule is Cc1ccc(F)cc1C(=O)Nc1ccc(N)c(F)c1. The second kappa shape index (κ2) is 5.06. The van der Waals surface area contributed by atoms with E-state index in [0.717, 1.165) is 12.1 Å². The molecule has 1 amide bonds. The number of nitrogens with two attached hydrogens (primary N) is 1. The minimum Gasteiger partial charge on any atom is -0.396 e. The maximum atomic E-state index is 13.2. The zero-order chi connectivity index (χ0) is 14.0. The molecule has 0 atom stereocenters. The fourth-order valence-electron chi connectivity index (χ4n) is 1.64. The van der Waals surface area contributed by atoms with Crippen molar-refractivity contribution in [2.75, 3.05) is 11.1 Å². The number of benzene rings is 2. The minimum atomic E-state index is -0.617. The molecule has 2 aromatic rings. The summed E-state index contributed by atoms with van der Waals surface area (Å²) in [5.74, 6) is -1.62. The molecule has 2 rings (SSSR count). The van der Waals surface area contributed by atoms with E-state index in [2.05, 4.69) is 5.32 Å². The van der Waals surface area contributed by atoms with Crippen molar-refractivity contribution in [1.82, 2.24) is 0 Å². The molecule has 0 aromatic heterocycles. The number of hydrogen-bond acceptors (Lipinski definition) is 2. The van der Waals surface area contributed by atoms with Crippen molar-refractivity contribution in [2.24, 2.45) is 0 Å². The summed E-state index contributed by atoms with van der Waals surface area (Å²) in [6, 6.07) is 7.86. The van der Waals surface area contributed by atoms with Crippen molar-refractivity contribution in [1.29, 1.82) is 0 Å². The summed E-state index contributed by atoms with van der Waals surface area (Å²) >= 11 is 0. The molecule has 5 heteroatoms. The first-order valence-electron chi connectivity index (χ1n) is 5.60.